The molecular formula is C23H26N2OS. The van der Waals surface area contributed by atoms with Crippen LogP contribution in [0.2, 0.25) is 0 Å². The van der Waals surface area contributed by atoms with Crippen molar-refractivity contribution in [3.8, 4) is 17.0 Å². The molecule has 0 amide bonds. The average molecular weight is 379 g/mol. The van der Waals surface area contributed by atoms with Gasteiger partial charge in [-0.05, 0) is 68.8 Å². The van der Waals surface area contributed by atoms with Crippen molar-refractivity contribution in [3.63, 3.8) is 0 Å². The van der Waals surface area contributed by atoms with Crippen LogP contribution in [0.5, 0.6) is 5.75 Å². The van der Waals surface area contributed by atoms with Crippen LogP contribution in [0.1, 0.15) is 31.3 Å². The quantitative estimate of drug-likeness (QED) is 0.465. The second kappa shape index (κ2) is 9.38. The largest absolute Gasteiger partial charge is 0.494 e. The highest BCUT2D eigenvalue weighted by atomic mass is 32.1. The van der Waals surface area contributed by atoms with Crippen molar-refractivity contribution in [2.45, 2.75) is 20.8 Å². The summed E-state index contributed by atoms with van der Waals surface area (Å²) in [4.78, 5) is 7.07. The summed E-state index contributed by atoms with van der Waals surface area (Å²) < 4.78 is 5.49. The highest BCUT2D eigenvalue weighted by molar-refractivity contribution is 7.10. The Kier molecular flexibility index (Phi) is 6.66. The molecule has 0 aliphatic heterocycles. The molecule has 140 valence electrons. The molecule has 0 saturated heterocycles. The molecule has 0 spiro atoms. The Labute approximate surface area is 166 Å². The van der Waals surface area contributed by atoms with Gasteiger partial charge in [-0.25, -0.2) is 4.98 Å². The van der Waals surface area contributed by atoms with E-state index >= 15 is 0 Å². The lowest BCUT2D eigenvalue weighted by molar-refractivity contribution is 0.340. The fraction of sp³-hybridized carbons (Fsp3) is 0.261. The predicted octanol–water partition coefficient (Wildman–Crippen LogP) is 6.23. The molecule has 0 fully saturated rings. The van der Waals surface area contributed by atoms with Crippen LogP contribution in [-0.2, 0) is 0 Å². The number of nitrogens with zero attached hydrogens (tertiary/aromatic N) is 2. The summed E-state index contributed by atoms with van der Waals surface area (Å²) in [5.41, 5.74) is 4.56. The monoisotopic (exact) mass is 378 g/mol. The molecule has 3 rings (SSSR count). The number of hydrogen-bond donors (Lipinski definition) is 0. The van der Waals surface area contributed by atoms with Crippen LogP contribution in [0, 0.1) is 0 Å². The minimum absolute atomic E-state index is 0.681. The summed E-state index contributed by atoms with van der Waals surface area (Å²) >= 11 is 1.66. The van der Waals surface area contributed by atoms with Gasteiger partial charge in [-0.1, -0.05) is 18.2 Å². The third-order valence-corrected chi connectivity index (χ3v) is 5.23. The fourth-order valence-electron chi connectivity index (χ4n) is 2.94. The Hall–Kier alpha value is -2.59. The fourth-order valence-corrected chi connectivity index (χ4v) is 3.66. The van der Waals surface area contributed by atoms with Crippen molar-refractivity contribution in [1.29, 1.82) is 0 Å². The van der Waals surface area contributed by atoms with Gasteiger partial charge in [-0.2, -0.15) is 0 Å². The van der Waals surface area contributed by atoms with E-state index in [1.54, 1.807) is 11.3 Å². The summed E-state index contributed by atoms with van der Waals surface area (Å²) in [6.07, 6.45) is 4.20. The lowest BCUT2D eigenvalue weighted by Crippen LogP contribution is -2.21. The van der Waals surface area contributed by atoms with Crippen LogP contribution >= 0.6 is 11.3 Å². The molecule has 0 radical (unpaired) electrons. The Morgan fingerprint density at radius 1 is 0.926 bits per heavy atom. The Morgan fingerprint density at radius 3 is 2.26 bits per heavy atom. The van der Waals surface area contributed by atoms with Crippen molar-refractivity contribution in [3.05, 3.63) is 64.5 Å². The second-order valence-electron chi connectivity index (χ2n) is 6.13. The van der Waals surface area contributed by atoms with E-state index in [2.05, 4.69) is 72.7 Å². The van der Waals surface area contributed by atoms with Gasteiger partial charge in [0.2, 0.25) is 0 Å². The second-order valence-corrected chi connectivity index (χ2v) is 7.02. The molecule has 3 nitrogen and oxygen atoms in total. The van der Waals surface area contributed by atoms with Gasteiger partial charge in [-0.15, -0.1) is 11.3 Å². The third kappa shape index (κ3) is 4.98. The number of anilines is 1. The van der Waals surface area contributed by atoms with Crippen LogP contribution < -0.4 is 9.64 Å². The first-order chi connectivity index (χ1) is 13.2. The van der Waals surface area contributed by atoms with Crippen molar-refractivity contribution in [2.75, 3.05) is 24.6 Å². The van der Waals surface area contributed by atoms with Gasteiger partial charge in [0.25, 0.3) is 0 Å². The standard InChI is InChI=1S/C23H26N2OS/c1-4-25(5-2)20-12-7-18(8-13-20)9-16-23-24-22(17-27-23)19-10-14-21(15-11-19)26-6-3/h7-17H,4-6H2,1-3H3. The number of thiazole rings is 1. The predicted molar refractivity (Wildman–Crippen MR) is 118 cm³/mol. The van der Waals surface area contributed by atoms with E-state index < -0.39 is 0 Å². The summed E-state index contributed by atoms with van der Waals surface area (Å²) in [5.74, 6) is 0.893. The number of rotatable bonds is 8. The zero-order valence-corrected chi connectivity index (χ0v) is 17.0. The lowest BCUT2D eigenvalue weighted by Gasteiger charge is -2.20. The lowest BCUT2D eigenvalue weighted by atomic mass is 10.1. The number of ether oxygens (including phenoxy) is 1. The number of hydrogen-bond acceptors (Lipinski definition) is 4. The molecule has 0 saturated carbocycles. The van der Waals surface area contributed by atoms with Crippen LogP contribution in [0.25, 0.3) is 23.4 Å². The molecule has 0 unspecified atom stereocenters. The van der Waals surface area contributed by atoms with Gasteiger partial charge in [0.15, 0.2) is 0 Å². The molecule has 3 aromatic rings. The molecule has 1 aromatic heterocycles. The highest BCUT2D eigenvalue weighted by Gasteiger charge is 2.04. The van der Waals surface area contributed by atoms with Crippen molar-refractivity contribution in [1.82, 2.24) is 4.98 Å². The van der Waals surface area contributed by atoms with Crippen molar-refractivity contribution in [2.24, 2.45) is 0 Å². The number of aromatic nitrogens is 1. The Bertz CT molecular complexity index is 862. The molecular weight excluding hydrogens is 352 g/mol. The van der Waals surface area contributed by atoms with E-state index in [0.717, 1.165) is 35.1 Å². The van der Waals surface area contributed by atoms with E-state index in [1.807, 2.05) is 19.1 Å². The van der Waals surface area contributed by atoms with E-state index in [9.17, 15) is 0 Å². The van der Waals surface area contributed by atoms with E-state index in [0.29, 0.717) is 6.61 Å². The van der Waals surface area contributed by atoms with Gasteiger partial charge in [0, 0.05) is 29.7 Å². The maximum atomic E-state index is 5.49. The van der Waals surface area contributed by atoms with Gasteiger partial charge in [0.05, 0.1) is 12.3 Å². The topological polar surface area (TPSA) is 25.4 Å². The molecule has 2 aromatic carbocycles. The van der Waals surface area contributed by atoms with Gasteiger partial charge >= 0.3 is 0 Å². The summed E-state index contributed by atoms with van der Waals surface area (Å²) in [6, 6.07) is 16.8. The van der Waals surface area contributed by atoms with Crippen LogP contribution in [0.4, 0.5) is 5.69 Å². The molecule has 0 bridgehead atoms. The van der Waals surface area contributed by atoms with Crippen LogP contribution in [0.15, 0.2) is 53.9 Å². The molecule has 0 aliphatic carbocycles. The van der Waals surface area contributed by atoms with E-state index in [1.165, 1.54) is 11.3 Å². The number of benzene rings is 2. The average Bonchev–Trinajstić information content (AvgIpc) is 3.18. The summed E-state index contributed by atoms with van der Waals surface area (Å²) in [5, 5.41) is 3.10. The molecule has 4 heteroatoms. The molecule has 0 atom stereocenters. The van der Waals surface area contributed by atoms with Crippen LogP contribution in [0.3, 0.4) is 0 Å². The van der Waals surface area contributed by atoms with Crippen molar-refractivity contribution >= 4 is 29.2 Å². The Balaban J connectivity index is 1.68. The zero-order valence-electron chi connectivity index (χ0n) is 16.2. The first kappa shape index (κ1) is 19.2. The smallest absolute Gasteiger partial charge is 0.119 e. The summed E-state index contributed by atoms with van der Waals surface area (Å²) in [6.45, 7) is 9.09. The van der Waals surface area contributed by atoms with E-state index in [-0.39, 0.29) is 0 Å². The first-order valence-electron chi connectivity index (χ1n) is 9.45. The van der Waals surface area contributed by atoms with Gasteiger partial charge < -0.3 is 9.64 Å². The van der Waals surface area contributed by atoms with Gasteiger partial charge in [0.1, 0.15) is 10.8 Å². The maximum Gasteiger partial charge on any atom is 0.119 e. The molecule has 1 heterocycles. The highest BCUT2D eigenvalue weighted by Crippen LogP contribution is 2.25. The Morgan fingerprint density at radius 2 is 1.63 bits per heavy atom. The maximum absolute atomic E-state index is 5.49. The molecule has 0 aliphatic rings. The summed E-state index contributed by atoms with van der Waals surface area (Å²) in [7, 11) is 0. The van der Waals surface area contributed by atoms with Crippen LogP contribution in [-0.4, -0.2) is 24.7 Å². The van der Waals surface area contributed by atoms with Gasteiger partial charge in [-0.3, -0.25) is 0 Å². The molecule has 0 N–H and O–H groups in total. The van der Waals surface area contributed by atoms with Crippen molar-refractivity contribution < 1.29 is 4.74 Å². The normalized spacial score (nSPS) is 11.1. The zero-order chi connectivity index (χ0) is 19.1. The van der Waals surface area contributed by atoms with E-state index in [4.69, 9.17) is 9.72 Å². The first-order valence-corrected chi connectivity index (χ1v) is 10.3. The SMILES string of the molecule is CCOc1ccc(-c2csc(C=Cc3ccc(N(CC)CC)cc3)n2)cc1. The minimum atomic E-state index is 0.681. The third-order valence-electron chi connectivity index (χ3n) is 4.42. The molecule has 27 heavy (non-hydrogen) atoms. The minimum Gasteiger partial charge on any atom is -0.494 e.